The molecule has 0 atom stereocenters. The molecule has 1 aromatic heterocycles. The van der Waals surface area contributed by atoms with Gasteiger partial charge in [0.2, 0.25) is 0 Å². The Balaban J connectivity index is 2.26. The van der Waals surface area contributed by atoms with Gasteiger partial charge in [-0.3, -0.25) is 0 Å². The maximum Gasteiger partial charge on any atom is 0.174 e. The molecule has 1 heterocycles. The topological polar surface area (TPSA) is 78.1 Å². The lowest BCUT2D eigenvalue weighted by Gasteiger charge is -1.98. The molecule has 0 saturated carbocycles. The van der Waals surface area contributed by atoms with Gasteiger partial charge in [0.15, 0.2) is 5.82 Å². The van der Waals surface area contributed by atoms with Crippen molar-refractivity contribution in [2.24, 2.45) is 10.2 Å². The normalized spacial score (nSPS) is 10.9. The van der Waals surface area contributed by atoms with Crippen LogP contribution in [0.25, 0.3) is 0 Å². The molecule has 2 N–H and O–H groups in total. The van der Waals surface area contributed by atoms with Gasteiger partial charge >= 0.3 is 0 Å². The third-order valence-electron chi connectivity index (χ3n) is 2.12. The Kier molecular flexibility index (Phi) is 3.00. The Bertz CT molecular complexity index is 567. The van der Waals surface area contributed by atoms with E-state index < -0.39 is 0 Å². The van der Waals surface area contributed by atoms with Gasteiger partial charge in [-0.2, -0.15) is 0 Å². The number of aromatic nitrogens is 1. The number of pyridine rings is 1. The molecule has 5 heteroatoms. The number of hydrogen-bond acceptors (Lipinski definition) is 5. The van der Waals surface area contributed by atoms with Crippen molar-refractivity contribution in [1.29, 1.82) is 0 Å². The first-order valence-electron chi connectivity index (χ1n) is 5.01. The van der Waals surface area contributed by atoms with Gasteiger partial charge in [-0.15, -0.1) is 10.2 Å². The highest BCUT2D eigenvalue weighted by Crippen LogP contribution is 2.30. The van der Waals surface area contributed by atoms with Crippen molar-refractivity contribution in [2.45, 2.75) is 6.92 Å². The van der Waals surface area contributed by atoms with Gasteiger partial charge in [0.05, 0.1) is 0 Å². The van der Waals surface area contributed by atoms with Gasteiger partial charge in [0.25, 0.3) is 0 Å². The molecule has 0 fully saturated rings. The van der Waals surface area contributed by atoms with Crippen LogP contribution >= 0.6 is 0 Å². The van der Waals surface area contributed by atoms with Crippen LogP contribution in [0, 0.1) is 6.92 Å². The molecule has 2 aromatic rings. The van der Waals surface area contributed by atoms with Crippen LogP contribution in [-0.2, 0) is 0 Å². The van der Waals surface area contributed by atoms with Crippen molar-refractivity contribution >= 4 is 11.5 Å². The van der Waals surface area contributed by atoms with Gasteiger partial charge in [0, 0.05) is 12.3 Å². The van der Waals surface area contributed by atoms with Gasteiger partial charge in [-0.1, -0.05) is 0 Å². The summed E-state index contributed by atoms with van der Waals surface area (Å²) in [7, 11) is 0. The summed E-state index contributed by atoms with van der Waals surface area (Å²) in [4.78, 5) is 4.01. The molecule has 0 saturated heterocycles. The van der Waals surface area contributed by atoms with Crippen LogP contribution in [-0.4, -0.2) is 15.2 Å². The quantitative estimate of drug-likeness (QED) is 0.776. The number of aromatic hydroxyl groups is 2. The highest BCUT2D eigenvalue weighted by atomic mass is 16.3. The number of hydrogen-bond donors (Lipinski definition) is 2. The van der Waals surface area contributed by atoms with Crippen LogP contribution < -0.4 is 0 Å². The summed E-state index contributed by atoms with van der Waals surface area (Å²) < 4.78 is 0. The molecule has 0 unspecified atom stereocenters. The zero-order chi connectivity index (χ0) is 12.3. The summed E-state index contributed by atoms with van der Waals surface area (Å²) in [5.41, 5.74) is 1.31. The molecule has 0 spiro atoms. The lowest BCUT2D eigenvalue weighted by molar-refractivity contribution is 0.451. The van der Waals surface area contributed by atoms with E-state index in [-0.39, 0.29) is 17.2 Å². The molecule has 0 aliphatic carbocycles. The van der Waals surface area contributed by atoms with E-state index in [4.69, 9.17) is 5.11 Å². The first kappa shape index (κ1) is 11.1. The van der Waals surface area contributed by atoms with Gasteiger partial charge in [-0.05, 0) is 36.8 Å². The molecule has 0 aliphatic heterocycles. The number of nitrogens with zero attached hydrogens (tertiary/aromatic N) is 3. The Morgan fingerprint density at radius 3 is 2.59 bits per heavy atom. The molecule has 5 nitrogen and oxygen atoms in total. The summed E-state index contributed by atoms with van der Waals surface area (Å²) >= 11 is 0. The standard InChI is InChI=1S/C12H11N3O2/c1-8-4-5-13-12(6-8)15-14-10-3-2-9(16)7-11(10)17/h2-7,16-17H,1H3. The lowest BCUT2D eigenvalue weighted by atomic mass is 10.3. The minimum atomic E-state index is -0.124. The third-order valence-corrected chi connectivity index (χ3v) is 2.12. The smallest absolute Gasteiger partial charge is 0.174 e. The number of benzene rings is 1. The molecule has 0 amide bonds. The van der Waals surface area contributed by atoms with Crippen LogP contribution in [0.5, 0.6) is 11.5 Å². The van der Waals surface area contributed by atoms with E-state index in [0.717, 1.165) is 5.56 Å². The minimum Gasteiger partial charge on any atom is -0.508 e. The summed E-state index contributed by atoms with van der Waals surface area (Å²) in [5.74, 6) is 0.328. The fraction of sp³-hybridized carbons (Fsp3) is 0.0833. The van der Waals surface area contributed by atoms with Crippen LogP contribution in [0.4, 0.5) is 11.5 Å². The van der Waals surface area contributed by atoms with E-state index in [2.05, 4.69) is 15.2 Å². The van der Waals surface area contributed by atoms with Gasteiger partial charge < -0.3 is 10.2 Å². The largest absolute Gasteiger partial charge is 0.508 e. The fourth-order valence-corrected chi connectivity index (χ4v) is 1.28. The summed E-state index contributed by atoms with van der Waals surface area (Å²) in [6.45, 7) is 1.93. The Labute approximate surface area is 98.1 Å². The summed E-state index contributed by atoms with van der Waals surface area (Å²) in [6, 6.07) is 7.75. The number of phenolic OH excluding ortho intramolecular Hbond substituents is 2. The second-order valence-electron chi connectivity index (χ2n) is 3.56. The van der Waals surface area contributed by atoms with Gasteiger partial charge in [-0.25, -0.2) is 4.98 Å². The average molecular weight is 229 g/mol. The van der Waals surface area contributed by atoms with E-state index in [1.807, 2.05) is 13.0 Å². The maximum atomic E-state index is 9.49. The number of rotatable bonds is 2. The predicted octanol–water partition coefficient (Wildman–Crippen LogP) is 3.22. The number of phenols is 2. The number of aryl methyl sites for hydroxylation is 1. The SMILES string of the molecule is Cc1ccnc(N=Nc2ccc(O)cc2O)c1. The zero-order valence-electron chi connectivity index (χ0n) is 9.20. The molecule has 17 heavy (non-hydrogen) atoms. The Morgan fingerprint density at radius 1 is 1.06 bits per heavy atom. The van der Waals surface area contributed by atoms with Crippen molar-refractivity contribution < 1.29 is 10.2 Å². The Hall–Kier alpha value is -2.43. The van der Waals surface area contributed by atoms with Crippen molar-refractivity contribution in [3.8, 4) is 11.5 Å². The van der Waals surface area contributed by atoms with E-state index in [1.165, 1.54) is 18.2 Å². The van der Waals surface area contributed by atoms with E-state index in [1.54, 1.807) is 12.3 Å². The van der Waals surface area contributed by atoms with Crippen molar-refractivity contribution in [3.63, 3.8) is 0 Å². The lowest BCUT2D eigenvalue weighted by Crippen LogP contribution is -1.75. The molecule has 0 bridgehead atoms. The molecule has 0 aliphatic rings. The highest BCUT2D eigenvalue weighted by molar-refractivity contribution is 5.53. The molecule has 86 valence electrons. The van der Waals surface area contributed by atoms with E-state index in [9.17, 15) is 5.11 Å². The zero-order valence-corrected chi connectivity index (χ0v) is 9.20. The fourth-order valence-electron chi connectivity index (χ4n) is 1.28. The summed E-state index contributed by atoms with van der Waals surface area (Å²) in [5, 5.41) is 26.4. The van der Waals surface area contributed by atoms with Crippen LogP contribution in [0.2, 0.25) is 0 Å². The van der Waals surface area contributed by atoms with Crippen LogP contribution in [0.15, 0.2) is 46.8 Å². The van der Waals surface area contributed by atoms with Crippen molar-refractivity contribution in [3.05, 3.63) is 42.1 Å². The van der Waals surface area contributed by atoms with E-state index in [0.29, 0.717) is 5.82 Å². The van der Waals surface area contributed by atoms with Crippen LogP contribution in [0.3, 0.4) is 0 Å². The van der Waals surface area contributed by atoms with Crippen molar-refractivity contribution in [1.82, 2.24) is 4.98 Å². The van der Waals surface area contributed by atoms with Crippen molar-refractivity contribution in [2.75, 3.05) is 0 Å². The Morgan fingerprint density at radius 2 is 1.88 bits per heavy atom. The minimum absolute atomic E-state index is 0.0184. The predicted molar refractivity (Wildman–Crippen MR) is 62.9 cm³/mol. The van der Waals surface area contributed by atoms with E-state index >= 15 is 0 Å². The molecule has 0 radical (unpaired) electrons. The number of azo groups is 1. The maximum absolute atomic E-state index is 9.49. The van der Waals surface area contributed by atoms with Gasteiger partial charge in [0.1, 0.15) is 17.2 Å². The highest BCUT2D eigenvalue weighted by Gasteiger charge is 2.00. The molecular weight excluding hydrogens is 218 g/mol. The first-order valence-corrected chi connectivity index (χ1v) is 5.01. The molecular formula is C12H11N3O2. The molecule has 2 rings (SSSR count). The monoisotopic (exact) mass is 229 g/mol. The summed E-state index contributed by atoms with van der Waals surface area (Å²) in [6.07, 6.45) is 1.64. The third kappa shape index (κ3) is 2.78. The molecule has 1 aromatic carbocycles. The second kappa shape index (κ2) is 4.61. The van der Waals surface area contributed by atoms with Crippen LogP contribution in [0.1, 0.15) is 5.56 Å². The second-order valence-corrected chi connectivity index (χ2v) is 3.56. The average Bonchev–Trinajstić information content (AvgIpc) is 2.28. The first-order chi connectivity index (χ1) is 8.15.